The highest BCUT2D eigenvalue weighted by atomic mass is 14.0. The molecule has 0 N–H and O–H groups in total. The maximum atomic E-state index is 2.27. The number of hydrogen-bond acceptors (Lipinski definition) is 0. The van der Waals surface area contributed by atoms with Crippen LogP contribution in [0, 0.1) is 0 Å². The molecular formula is C18H16. The summed E-state index contributed by atoms with van der Waals surface area (Å²) in [5.41, 5.74) is 5.24. The van der Waals surface area contributed by atoms with Crippen molar-refractivity contribution in [1.29, 1.82) is 0 Å². The summed E-state index contributed by atoms with van der Waals surface area (Å²) >= 11 is 0. The van der Waals surface area contributed by atoms with E-state index in [9.17, 15) is 0 Å². The van der Waals surface area contributed by atoms with Crippen LogP contribution in [0.3, 0.4) is 0 Å². The van der Waals surface area contributed by atoms with Crippen LogP contribution in [0.2, 0.25) is 0 Å². The molecule has 2 aliphatic rings. The number of rotatable bonds is 2. The second-order valence-corrected chi connectivity index (χ2v) is 4.69. The van der Waals surface area contributed by atoms with Gasteiger partial charge in [-0.15, -0.1) is 0 Å². The topological polar surface area (TPSA) is 0 Å². The van der Waals surface area contributed by atoms with Gasteiger partial charge in [0.25, 0.3) is 0 Å². The Labute approximate surface area is 108 Å². The first-order valence-electron chi connectivity index (χ1n) is 6.44. The van der Waals surface area contributed by atoms with E-state index in [-0.39, 0.29) is 0 Å². The highest BCUT2D eigenvalue weighted by Gasteiger charge is 1.99. The predicted octanol–water partition coefficient (Wildman–Crippen LogP) is 4.93. The van der Waals surface area contributed by atoms with Crippen LogP contribution >= 0.6 is 0 Å². The molecule has 0 spiro atoms. The molecular weight excluding hydrogens is 216 g/mol. The molecule has 0 heteroatoms. The lowest BCUT2D eigenvalue weighted by Gasteiger charge is -1.99. The molecule has 0 bridgehead atoms. The predicted molar refractivity (Wildman–Crippen MR) is 79.1 cm³/mol. The molecule has 0 nitrogen and oxygen atoms in total. The molecule has 0 radical (unpaired) electrons. The fourth-order valence-electron chi connectivity index (χ4n) is 2.27. The summed E-state index contributed by atoms with van der Waals surface area (Å²) in [4.78, 5) is 0. The minimum Gasteiger partial charge on any atom is -0.0839 e. The quantitative estimate of drug-likeness (QED) is 0.678. The summed E-state index contributed by atoms with van der Waals surface area (Å²) < 4.78 is 0. The normalized spacial score (nSPS) is 19.1. The monoisotopic (exact) mass is 232 g/mol. The Balaban J connectivity index is 1.79. The van der Waals surface area contributed by atoms with Crippen molar-refractivity contribution in [2.45, 2.75) is 12.8 Å². The van der Waals surface area contributed by atoms with E-state index in [0.717, 1.165) is 0 Å². The second kappa shape index (κ2) is 5.05. The van der Waals surface area contributed by atoms with Crippen molar-refractivity contribution in [3.63, 3.8) is 0 Å². The van der Waals surface area contributed by atoms with Crippen LogP contribution in [-0.2, 0) is 0 Å². The van der Waals surface area contributed by atoms with Crippen molar-refractivity contribution < 1.29 is 0 Å². The lowest BCUT2D eigenvalue weighted by molar-refractivity contribution is 1.07. The third kappa shape index (κ3) is 2.60. The van der Waals surface area contributed by atoms with Gasteiger partial charge in [-0.05, 0) is 41.2 Å². The molecule has 0 saturated carbocycles. The number of benzene rings is 1. The van der Waals surface area contributed by atoms with Gasteiger partial charge < -0.3 is 0 Å². The van der Waals surface area contributed by atoms with Gasteiger partial charge in [-0.1, -0.05) is 66.8 Å². The van der Waals surface area contributed by atoms with Gasteiger partial charge in [-0.25, -0.2) is 0 Å². The van der Waals surface area contributed by atoms with Crippen molar-refractivity contribution in [3.05, 3.63) is 83.0 Å². The van der Waals surface area contributed by atoms with Gasteiger partial charge in [0.15, 0.2) is 0 Å². The molecule has 3 rings (SSSR count). The van der Waals surface area contributed by atoms with Crippen molar-refractivity contribution >= 4 is 12.2 Å². The smallest absolute Gasteiger partial charge is 0.0244 e. The number of hydrogen-bond donors (Lipinski definition) is 0. The lowest BCUT2D eigenvalue weighted by Crippen LogP contribution is -1.78. The summed E-state index contributed by atoms with van der Waals surface area (Å²) in [5.74, 6) is 0. The highest BCUT2D eigenvalue weighted by molar-refractivity contribution is 5.64. The zero-order valence-corrected chi connectivity index (χ0v) is 10.3. The maximum absolute atomic E-state index is 2.27. The molecule has 0 amide bonds. The zero-order valence-electron chi connectivity index (χ0n) is 10.3. The summed E-state index contributed by atoms with van der Waals surface area (Å²) in [6.45, 7) is 0. The maximum Gasteiger partial charge on any atom is -0.0244 e. The Morgan fingerprint density at radius 2 is 1.44 bits per heavy atom. The van der Waals surface area contributed by atoms with Gasteiger partial charge in [0, 0.05) is 0 Å². The average molecular weight is 232 g/mol. The third-order valence-electron chi connectivity index (χ3n) is 3.24. The molecule has 1 aromatic carbocycles. The van der Waals surface area contributed by atoms with Crippen molar-refractivity contribution in [1.82, 2.24) is 0 Å². The fraction of sp³-hybridized carbons (Fsp3) is 0.111. The summed E-state index contributed by atoms with van der Waals surface area (Å²) in [7, 11) is 0. The van der Waals surface area contributed by atoms with E-state index < -0.39 is 0 Å². The van der Waals surface area contributed by atoms with E-state index in [0.29, 0.717) is 0 Å². The SMILES string of the molecule is C1=CC(=Cc2ccc(/C=C3\C=CCC3)cc2)C=C1. The van der Waals surface area contributed by atoms with E-state index in [1.54, 1.807) is 0 Å². The molecule has 0 aliphatic heterocycles. The van der Waals surface area contributed by atoms with E-state index in [4.69, 9.17) is 0 Å². The first-order valence-corrected chi connectivity index (χ1v) is 6.44. The second-order valence-electron chi connectivity index (χ2n) is 4.69. The molecule has 0 aromatic heterocycles. The minimum absolute atomic E-state index is 1.18. The highest BCUT2D eigenvalue weighted by Crippen LogP contribution is 2.20. The largest absolute Gasteiger partial charge is 0.0839 e. The summed E-state index contributed by atoms with van der Waals surface area (Å²) in [5, 5.41) is 0. The van der Waals surface area contributed by atoms with Gasteiger partial charge >= 0.3 is 0 Å². The van der Waals surface area contributed by atoms with Gasteiger partial charge in [-0.2, -0.15) is 0 Å². The first-order chi connectivity index (χ1) is 8.90. The third-order valence-corrected chi connectivity index (χ3v) is 3.24. The molecule has 0 unspecified atom stereocenters. The standard InChI is InChI=1S/C18H16/c1-2-6-15(5-1)13-17-9-11-18(12-10-17)14-16-7-3-4-8-16/h1-3,5-7,9-14H,4,8H2/b16-14+. The summed E-state index contributed by atoms with van der Waals surface area (Å²) in [6.07, 6.45) is 19.7. The number of allylic oxidation sites excluding steroid dienone is 8. The van der Waals surface area contributed by atoms with E-state index in [2.05, 4.69) is 72.9 Å². The Morgan fingerprint density at radius 3 is 2.06 bits per heavy atom. The van der Waals surface area contributed by atoms with Crippen LogP contribution in [0.5, 0.6) is 0 Å². The van der Waals surface area contributed by atoms with Crippen molar-refractivity contribution in [2.24, 2.45) is 0 Å². The van der Waals surface area contributed by atoms with Crippen LogP contribution in [-0.4, -0.2) is 0 Å². The Bertz CT molecular complexity index is 561. The molecule has 2 aliphatic carbocycles. The van der Waals surface area contributed by atoms with Gasteiger partial charge in [0.1, 0.15) is 0 Å². The zero-order chi connectivity index (χ0) is 12.2. The van der Waals surface area contributed by atoms with Crippen LogP contribution < -0.4 is 0 Å². The Kier molecular flexibility index (Phi) is 3.10. The van der Waals surface area contributed by atoms with Gasteiger partial charge in [-0.3, -0.25) is 0 Å². The van der Waals surface area contributed by atoms with Crippen LogP contribution in [0.1, 0.15) is 24.0 Å². The van der Waals surface area contributed by atoms with E-state index >= 15 is 0 Å². The molecule has 88 valence electrons. The average Bonchev–Trinajstić information content (AvgIpc) is 3.05. The molecule has 0 heterocycles. The van der Waals surface area contributed by atoms with Gasteiger partial charge in [0.05, 0.1) is 0 Å². The van der Waals surface area contributed by atoms with Gasteiger partial charge in [0.2, 0.25) is 0 Å². The summed E-state index contributed by atoms with van der Waals surface area (Å²) in [6, 6.07) is 8.73. The van der Waals surface area contributed by atoms with Crippen molar-refractivity contribution in [3.8, 4) is 0 Å². The minimum atomic E-state index is 1.18. The van der Waals surface area contributed by atoms with E-state index in [1.165, 1.54) is 35.1 Å². The van der Waals surface area contributed by atoms with Crippen LogP contribution in [0.25, 0.3) is 12.2 Å². The molecule has 18 heavy (non-hydrogen) atoms. The Hall–Kier alpha value is -2.08. The van der Waals surface area contributed by atoms with E-state index in [1.807, 2.05) is 0 Å². The van der Waals surface area contributed by atoms with Crippen molar-refractivity contribution in [2.75, 3.05) is 0 Å². The molecule has 0 atom stereocenters. The fourth-order valence-corrected chi connectivity index (χ4v) is 2.27. The molecule has 0 saturated heterocycles. The Morgan fingerprint density at radius 1 is 0.778 bits per heavy atom. The van der Waals surface area contributed by atoms with Crippen LogP contribution in [0.4, 0.5) is 0 Å². The first kappa shape index (κ1) is 11.0. The molecule has 1 aromatic rings. The lowest BCUT2D eigenvalue weighted by atomic mass is 10.1. The molecule has 0 fully saturated rings. The van der Waals surface area contributed by atoms with Crippen LogP contribution in [0.15, 0.2) is 71.9 Å².